The first-order chi connectivity index (χ1) is 8.65. The largest absolute Gasteiger partial charge is 0.359 e. The Morgan fingerprint density at radius 3 is 2.61 bits per heavy atom. The Morgan fingerprint density at radius 1 is 1.22 bits per heavy atom. The van der Waals surface area contributed by atoms with E-state index in [-0.39, 0.29) is 0 Å². The highest BCUT2D eigenvalue weighted by molar-refractivity contribution is 6.29. The number of hydrogen-bond acceptors (Lipinski definition) is 3. The SMILES string of the molecule is Cc1cc(Cl)nc(N(C)CCc2ccncc2)c1. The highest BCUT2D eigenvalue weighted by atomic mass is 35.5. The van der Waals surface area contributed by atoms with Crippen molar-refractivity contribution in [1.82, 2.24) is 9.97 Å². The Labute approximate surface area is 112 Å². The summed E-state index contributed by atoms with van der Waals surface area (Å²) in [5.41, 5.74) is 2.40. The predicted molar refractivity (Wildman–Crippen MR) is 75.2 cm³/mol. The van der Waals surface area contributed by atoms with Gasteiger partial charge in [0.2, 0.25) is 0 Å². The van der Waals surface area contributed by atoms with Crippen molar-refractivity contribution < 1.29 is 0 Å². The van der Waals surface area contributed by atoms with Crippen molar-refractivity contribution in [1.29, 1.82) is 0 Å². The third-order valence-corrected chi connectivity index (χ3v) is 2.99. The molecule has 0 aliphatic rings. The van der Waals surface area contributed by atoms with Gasteiger partial charge in [0.15, 0.2) is 0 Å². The maximum absolute atomic E-state index is 5.97. The second-order valence-corrected chi connectivity index (χ2v) is 4.74. The quantitative estimate of drug-likeness (QED) is 0.792. The molecule has 0 saturated carbocycles. The van der Waals surface area contributed by atoms with Crippen LogP contribution in [0.25, 0.3) is 0 Å². The summed E-state index contributed by atoms with van der Waals surface area (Å²) >= 11 is 5.97. The second kappa shape index (κ2) is 5.83. The average molecular weight is 262 g/mol. The molecule has 2 heterocycles. The molecule has 0 radical (unpaired) electrons. The number of aromatic nitrogens is 2. The smallest absolute Gasteiger partial charge is 0.131 e. The molecule has 0 aliphatic heterocycles. The zero-order chi connectivity index (χ0) is 13.0. The summed E-state index contributed by atoms with van der Waals surface area (Å²) < 4.78 is 0. The summed E-state index contributed by atoms with van der Waals surface area (Å²) in [6.07, 6.45) is 4.60. The first-order valence-electron chi connectivity index (χ1n) is 5.89. The lowest BCUT2D eigenvalue weighted by molar-refractivity contribution is 0.857. The van der Waals surface area contributed by atoms with Gasteiger partial charge in [0.25, 0.3) is 0 Å². The Hall–Kier alpha value is -1.61. The van der Waals surface area contributed by atoms with E-state index >= 15 is 0 Å². The van der Waals surface area contributed by atoms with E-state index in [4.69, 9.17) is 11.6 Å². The Bertz CT molecular complexity index is 493. The fourth-order valence-corrected chi connectivity index (χ4v) is 2.02. The summed E-state index contributed by atoms with van der Waals surface area (Å²) in [5.74, 6) is 0.911. The maximum atomic E-state index is 5.97. The normalized spacial score (nSPS) is 10.4. The molecule has 0 unspecified atom stereocenters. The van der Waals surface area contributed by atoms with Gasteiger partial charge in [-0.1, -0.05) is 11.6 Å². The molecule has 0 fully saturated rings. The zero-order valence-corrected chi connectivity index (χ0v) is 11.4. The highest BCUT2D eigenvalue weighted by Crippen LogP contribution is 2.16. The van der Waals surface area contributed by atoms with Crippen molar-refractivity contribution in [3.63, 3.8) is 0 Å². The highest BCUT2D eigenvalue weighted by Gasteiger charge is 2.04. The van der Waals surface area contributed by atoms with Gasteiger partial charge in [-0.3, -0.25) is 4.98 Å². The number of nitrogens with zero attached hydrogens (tertiary/aromatic N) is 3. The molecule has 0 spiro atoms. The molecule has 0 bridgehead atoms. The number of aryl methyl sites for hydroxylation is 1. The topological polar surface area (TPSA) is 29.0 Å². The predicted octanol–water partition coefficient (Wildman–Crippen LogP) is 3.12. The van der Waals surface area contributed by atoms with Crippen LogP contribution < -0.4 is 4.90 Å². The molecular formula is C14H16ClN3. The molecule has 0 N–H and O–H groups in total. The van der Waals surface area contributed by atoms with Crippen molar-refractivity contribution in [2.45, 2.75) is 13.3 Å². The molecule has 2 rings (SSSR count). The fourth-order valence-electron chi connectivity index (χ4n) is 1.76. The second-order valence-electron chi connectivity index (χ2n) is 4.35. The summed E-state index contributed by atoms with van der Waals surface area (Å²) in [6, 6.07) is 7.97. The van der Waals surface area contributed by atoms with E-state index in [2.05, 4.69) is 14.9 Å². The lowest BCUT2D eigenvalue weighted by Gasteiger charge is -2.18. The standard InChI is InChI=1S/C14H16ClN3/c1-11-9-13(15)17-14(10-11)18(2)8-5-12-3-6-16-7-4-12/h3-4,6-7,9-10H,5,8H2,1-2H3. The third kappa shape index (κ3) is 3.44. The van der Waals surface area contributed by atoms with E-state index in [0.29, 0.717) is 5.15 Å². The fraction of sp³-hybridized carbons (Fsp3) is 0.286. The van der Waals surface area contributed by atoms with Crippen molar-refractivity contribution in [2.24, 2.45) is 0 Å². The van der Waals surface area contributed by atoms with Gasteiger partial charge < -0.3 is 4.90 Å². The van der Waals surface area contributed by atoms with E-state index in [1.165, 1.54) is 5.56 Å². The molecule has 3 nitrogen and oxygen atoms in total. The lowest BCUT2D eigenvalue weighted by atomic mass is 10.2. The molecule has 0 aromatic carbocycles. The molecule has 2 aromatic rings. The van der Waals surface area contributed by atoms with Crippen molar-refractivity contribution >= 4 is 17.4 Å². The van der Waals surface area contributed by atoms with Crippen LogP contribution in [0.4, 0.5) is 5.82 Å². The van der Waals surface area contributed by atoms with Crippen LogP contribution in [0.1, 0.15) is 11.1 Å². The van der Waals surface area contributed by atoms with Crippen LogP contribution in [0.2, 0.25) is 5.15 Å². The number of hydrogen-bond donors (Lipinski definition) is 0. The van der Waals surface area contributed by atoms with Gasteiger partial charge in [-0.05, 0) is 48.7 Å². The van der Waals surface area contributed by atoms with Crippen LogP contribution in [0.15, 0.2) is 36.7 Å². The molecule has 0 saturated heterocycles. The van der Waals surface area contributed by atoms with E-state index in [1.807, 2.05) is 50.6 Å². The van der Waals surface area contributed by atoms with Gasteiger partial charge >= 0.3 is 0 Å². The van der Waals surface area contributed by atoms with Crippen molar-refractivity contribution in [3.05, 3.63) is 52.9 Å². The van der Waals surface area contributed by atoms with E-state index in [1.54, 1.807) is 0 Å². The first-order valence-corrected chi connectivity index (χ1v) is 6.27. The molecule has 2 aromatic heterocycles. The van der Waals surface area contributed by atoms with Gasteiger partial charge in [-0.25, -0.2) is 4.98 Å². The third-order valence-electron chi connectivity index (χ3n) is 2.80. The van der Waals surface area contributed by atoms with Gasteiger partial charge in [0, 0.05) is 26.0 Å². The molecule has 0 amide bonds. The van der Waals surface area contributed by atoms with Crippen LogP contribution in [0, 0.1) is 6.92 Å². The summed E-state index contributed by atoms with van der Waals surface area (Å²) in [7, 11) is 2.03. The summed E-state index contributed by atoms with van der Waals surface area (Å²) in [6.45, 7) is 2.92. The van der Waals surface area contributed by atoms with E-state index in [0.717, 1.165) is 24.3 Å². The molecule has 4 heteroatoms. The van der Waals surface area contributed by atoms with Gasteiger partial charge in [-0.2, -0.15) is 0 Å². The number of pyridine rings is 2. The van der Waals surface area contributed by atoms with Crippen molar-refractivity contribution in [3.8, 4) is 0 Å². The minimum atomic E-state index is 0.542. The molecule has 18 heavy (non-hydrogen) atoms. The molecule has 0 aliphatic carbocycles. The number of anilines is 1. The summed E-state index contributed by atoms with van der Waals surface area (Å²) in [4.78, 5) is 10.4. The number of likely N-dealkylation sites (N-methyl/N-ethyl adjacent to an activating group) is 1. The minimum Gasteiger partial charge on any atom is -0.359 e. The molecular weight excluding hydrogens is 246 g/mol. The molecule has 94 valence electrons. The lowest BCUT2D eigenvalue weighted by Crippen LogP contribution is -2.21. The first kappa shape index (κ1) is 12.8. The van der Waals surface area contributed by atoms with Crippen LogP contribution >= 0.6 is 11.6 Å². The maximum Gasteiger partial charge on any atom is 0.131 e. The monoisotopic (exact) mass is 261 g/mol. The average Bonchev–Trinajstić information content (AvgIpc) is 2.36. The van der Waals surface area contributed by atoms with E-state index < -0.39 is 0 Å². The number of rotatable bonds is 4. The van der Waals surface area contributed by atoms with Crippen LogP contribution in [0.5, 0.6) is 0 Å². The van der Waals surface area contributed by atoms with Gasteiger partial charge in [0.05, 0.1) is 0 Å². The molecule has 0 atom stereocenters. The van der Waals surface area contributed by atoms with Crippen LogP contribution in [-0.4, -0.2) is 23.6 Å². The van der Waals surface area contributed by atoms with Crippen molar-refractivity contribution in [2.75, 3.05) is 18.5 Å². The minimum absolute atomic E-state index is 0.542. The van der Waals surface area contributed by atoms with Crippen LogP contribution in [0.3, 0.4) is 0 Å². The van der Waals surface area contributed by atoms with Crippen LogP contribution in [-0.2, 0) is 6.42 Å². The zero-order valence-electron chi connectivity index (χ0n) is 10.6. The Kier molecular flexibility index (Phi) is 4.15. The van der Waals surface area contributed by atoms with E-state index in [9.17, 15) is 0 Å². The van der Waals surface area contributed by atoms with Gasteiger partial charge in [-0.15, -0.1) is 0 Å². The Morgan fingerprint density at radius 2 is 1.94 bits per heavy atom. The summed E-state index contributed by atoms with van der Waals surface area (Å²) in [5, 5.41) is 0.542. The Balaban J connectivity index is 2.01. The number of halogens is 1. The van der Waals surface area contributed by atoms with Gasteiger partial charge in [0.1, 0.15) is 11.0 Å².